The van der Waals surface area contributed by atoms with Gasteiger partial charge in [-0.25, -0.2) is 4.39 Å². The molecule has 1 aromatic rings. The largest absolute Gasteiger partial charge is 0.327 e. The predicted molar refractivity (Wildman–Crippen MR) is 56.4 cm³/mol. The van der Waals surface area contributed by atoms with Crippen LogP contribution in [0.2, 0.25) is 0 Å². The second kappa shape index (κ2) is 3.54. The number of nitrogens with two attached hydrogens (primary N) is 1. The van der Waals surface area contributed by atoms with E-state index in [9.17, 15) is 4.39 Å². The Morgan fingerprint density at radius 3 is 2.86 bits per heavy atom. The second-order valence-corrected chi connectivity index (χ2v) is 3.70. The third-order valence-corrected chi connectivity index (χ3v) is 2.98. The Kier molecular flexibility index (Phi) is 2.38. The van der Waals surface area contributed by atoms with Crippen LogP contribution < -0.4 is 5.73 Å². The smallest absolute Gasteiger partial charge is 0.127 e. The summed E-state index contributed by atoms with van der Waals surface area (Å²) in [5, 5.41) is 0. The number of hydrogen-bond donors (Lipinski definition) is 1. The summed E-state index contributed by atoms with van der Waals surface area (Å²) in [4.78, 5) is 0. The van der Waals surface area contributed by atoms with E-state index in [1.165, 1.54) is 11.6 Å². The van der Waals surface area contributed by atoms with Crippen molar-refractivity contribution in [2.24, 2.45) is 5.73 Å². The van der Waals surface area contributed by atoms with E-state index in [0.717, 1.165) is 29.5 Å². The van der Waals surface area contributed by atoms with Crippen LogP contribution in [0, 0.1) is 5.82 Å². The molecule has 74 valence electrons. The number of benzene rings is 1. The zero-order valence-electron chi connectivity index (χ0n) is 8.31. The maximum atomic E-state index is 13.4. The van der Waals surface area contributed by atoms with E-state index in [4.69, 9.17) is 5.73 Å². The van der Waals surface area contributed by atoms with Gasteiger partial charge in [0.15, 0.2) is 0 Å². The zero-order chi connectivity index (χ0) is 10.1. The Hall–Kier alpha value is -1.15. The molecule has 1 aliphatic rings. The quantitative estimate of drug-likeness (QED) is 0.725. The van der Waals surface area contributed by atoms with Crippen molar-refractivity contribution < 1.29 is 4.39 Å². The summed E-state index contributed by atoms with van der Waals surface area (Å²) in [5.74, 6) is -0.0853. The van der Waals surface area contributed by atoms with Crippen LogP contribution in [-0.4, -0.2) is 6.54 Å². The van der Waals surface area contributed by atoms with Gasteiger partial charge in [0.1, 0.15) is 5.82 Å². The van der Waals surface area contributed by atoms with E-state index in [2.05, 4.69) is 0 Å². The van der Waals surface area contributed by atoms with Crippen LogP contribution in [0.15, 0.2) is 23.8 Å². The van der Waals surface area contributed by atoms with E-state index in [-0.39, 0.29) is 5.82 Å². The van der Waals surface area contributed by atoms with E-state index in [1.807, 2.05) is 13.0 Å². The number of hydrogen-bond acceptors (Lipinski definition) is 1. The maximum absolute atomic E-state index is 13.4. The van der Waals surface area contributed by atoms with Gasteiger partial charge in [-0.1, -0.05) is 17.7 Å². The molecular formula is C12H14FN. The predicted octanol–water partition coefficient (Wildman–Crippen LogP) is 2.50. The number of fused-ring (bicyclic) bond motifs is 1. The van der Waals surface area contributed by atoms with Crippen molar-refractivity contribution in [3.8, 4) is 0 Å². The van der Waals surface area contributed by atoms with E-state index in [0.29, 0.717) is 6.54 Å². The summed E-state index contributed by atoms with van der Waals surface area (Å²) in [5.41, 5.74) is 9.94. The molecule has 1 aromatic carbocycles. The van der Waals surface area contributed by atoms with Crippen molar-refractivity contribution in [2.75, 3.05) is 6.54 Å². The minimum Gasteiger partial charge on any atom is -0.327 e. The average Bonchev–Trinajstić information content (AvgIpc) is 2.20. The lowest BCUT2D eigenvalue weighted by atomic mass is 9.86. The molecule has 1 nitrogen and oxygen atoms in total. The van der Waals surface area contributed by atoms with Crippen LogP contribution in [0.3, 0.4) is 0 Å². The lowest BCUT2D eigenvalue weighted by molar-refractivity contribution is 0.605. The van der Waals surface area contributed by atoms with Crippen LogP contribution >= 0.6 is 0 Å². The molecule has 2 rings (SSSR count). The molecule has 14 heavy (non-hydrogen) atoms. The Labute approximate surface area is 83.4 Å². The third kappa shape index (κ3) is 1.36. The molecule has 0 bridgehead atoms. The molecule has 0 fully saturated rings. The summed E-state index contributed by atoms with van der Waals surface area (Å²) in [6, 6.07) is 5.26. The summed E-state index contributed by atoms with van der Waals surface area (Å²) in [6.45, 7) is 2.61. The van der Waals surface area contributed by atoms with Gasteiger partial charge in [-0.2, -0.15) is 0 Å². The lowest BCUT2D eigenvalue weighted by Gasteiger charge is -2.20. The lowest BCUT2D eigenvalue weighted by Crippen LogP contribution is -2.12. The summed E-state index contributed by atoms with van der Waals surface area (Å²) in [7, 11) is 0. The summed E-state index contributed by atoms with van der Waals surface area (Å²) < 4.78 is 13.4. The zero-order valence-corrected chi connectivity index (χ0v) is 8.31. The molecule has 0 aromatic heterocycles. The van der Waals surface area contributed by atoms with E-state index < -0.39 is 0 Å². The number of rotatable bonds is 1. The maximum Gasteiger partial charge on any atom is 0.127 e. The minimum atomic E-state index is -0.0853. The molecule has 0 aliphatic heterocycles. The van der Waals surface area contributed by atoms with Crippen molar-refractivity contribution in [1.29, 1.82) is 0 Å². The normalized spacial score (nSPS) is 15.6. The summed E-state index contributed by atoms with van der Waals surface area (Å²) in [6.07, 6.45) is 1.68. The molecule has 0 saturated heterocycles. The van der Waals surface area contributed by atoms with Crippen LogP contribution in [0.1, 0.15) is 24.5 Å². The van der Waals surface area contributed by atoms with Gasteiger partial charge >= 0.3 is 0 Å². The topological polar surface area (TPSA) is 26.0 Å². The average molecular weight is 191 g/mol. The van der Waals surface area contributed by atoms with Gasteiger partial charge < -0.3 is 5.73 Å². The van der Waals surface area contributed by atoms with Gasteiger partial charge in [-0.3, -0.25) is 0 Å². The van der Waals surface area contributed by atoms with Crippen molar-refractivity contribution in [3.05, 3.63) is 40.7 Å². The molecule has 2 heteroatoms. The van der Waals surface area contributed by atoms with Crippen LogP contribution in [0.5, 0.6) is 0 Å². The first kappa shape index (κ1) is 9.41. The Morgan fingerprint density at radius 2 is 2.14 bits per heavy atom. The highest BCUT2D eigenvalue weighted by molar-refractivity contribution is 5.71. The van der Waals surface area contributed by atoms with Gasteiger partial charge in [0.2, 0.25) is 0 Å². The van der Waals surface area contributed by atoms with Gasteiger partial charge in [-0.05, 0) is 42.5 Å². The van der Waals surface area contributed by atoms with Gasteiger partial charge in [-0.15, -0.1) is 0 Å². The standard InChI is InChI=1S/C12H14FN/c1-8-9(7-14)5-6-11-10(8)3-2-4-12(11)13/h2-4H,5-7,14H2,1H3. The second-order valence-electron chi connectivity index (χ2n) is 3.70. The molecule has 0 saturated carbocycles. The highest BCUT2D eigenvalue weighted by Crippen LogP contribution is 2.31. The number of allylic oxidation sites excluding steroid dienone is 1. The molecule has 0 unspecified atom stereocenters. The third-order valence-electron chi connectivity index (χ3n) is 2.98. The molecule has 0 heterocycles. The number of halogens is 1. The first-order valence-corrected chi connectivity index (χ1v) is 4.90. The van der Waals surface area contributed by atoms with E-state index in [1.54, 1.807) is 6.07 Å². The van der Waals surface area contributed by atoms with Crippen molar-refractivity contribution in [2.45, 2.75) is 19.8 Å². The Bertz CT molecular complexity index is 393. The molecule has 0 spiro atoms. The summed E-state index contributed by atoms with van der Waals surface area (Å²) >= 11 is 0. The van der Waals surface area contributed by atoms with Gasteiger partial charge in [0.25, 0.3) is 0 Å². The molecule has 1 aliphatic carbocycles. The minimum absolute atomic E-state index is 0.0853. The fourth-order valence-electron chi connectivity index (χ4n) is 2.07. The first-order chi connectivity index (χ1) is 6.74. The van der Waals surface area contributed by atoms with Gasteiger partial charge in [0, 0.05) is 6.54 Å². The highest BCUT2D eigenvalue weighted by atomic mass is 19.1. The molecule has 2 N–H and O–H groups in total. The van der Waals surface area contributed by atoms with Crippen LogP contribution in [-0.2, 0) is 6.42 Å². The molecule has 0 radical (unpaired) electrons. The van der Waals surface area contributed by atoms with Crippen molar-refractivity contribution in [1.82, 2.24) is 0 Å². The van der Waals surface area contributed by atoms with Gasteiger partial charge in [0.05, 0.1) is 0 Å². The monoisotopic (exact) mass is 191 g/mol. The molecule has 0 amide bonds. The molecular weight excluding hydrogens is 177 g/mol. The van der Waals surface area contributed by atoms with Crippen molar-refractivity contribution in [3.63, 3.8) is 0 Å². The van der Waals surface area contributed by atoms with E-state index >= 15 is 0 Å². The SMILES string of the molecule is CC1=C(CN)CCc2c(F)cccc21. The highest BCUT2D eigenvalue weighted by Gasteiger charge is 2.17. The fraction of sp³-hybridized carbons (Fsp3) is 0.333. The Morgan fingerprint density at radius 1 is 1.36 bits per heavy atom. The van der Waals surface area contributed by atoms with Crippen LogP contribution in [0.4, 0.5) is 4.39 Å². The van der Waals surface area contributed by atoms with Crippen molar-refractivity contribution >= 4 is 5.57 Å². The van der Waals surface area contributed by atoms with Crippen LogP contribution in [0.25, 0.3) is 5.57 Å². The molecule has 0 atom stereocenters. The fourth-order valence-corrected chi connectivity index (χ4v) is 2.07. The first-order valence-electron chi connectivity index (χ1n) is 4.90. The Balaban J connectivity index is 2.58.